The van der Waals surface area contributed by atoms with Crippen LogP contribution in [0.15, 0.2) is 22.9 Å². The number of rotatable bonds is 1. The van der Waals surface area contributed by atoms with Crippen LogP contribution in [0, 0.1) is 0 Å². The Morgan fingerprint density at radius 3 is 3.08 bits per heavy atom. The average molecular weight is 238 g/mol. The highest BCUT2D eigenvalue weighted by Gasteiger charge is 2.24. The molecule has 1 aliphatic carbocycles. The monoisotopic (exact) mass is 237 g/mol. The Kier molecular flexibility index (Phi) is 1.47. The number of halogens is 1. The molecule has 1 fully saturated rings. The van der Waals surface area contributed by atoms with Gasteiger partial charge in [0.25, 0.3) is 0 Å². The molecule has 0 aliphatic heterocycles. The van der Waals surface area contributed by atoms with Crippen molar-refractivity contribution in [1.29, 1.82) is 0 Å². The molecule has 0 saturated heterocycles. The van der Waals surface area contributed by atoms with Crippen LogP contribution < -0.4 is 0 Å². The van der Waals surface area contributed by atoms with E-state index in [-0.39, 0.29) is 0 Å². The predicted octanol–water partition coefficient (Wildman–Crippen LogP) is 2.53. The van der Waals surface area contributed by atoms with Crippen molar-refractivity contribution in [1.82, 2.24) is 14.8 Å². The summed E-state index contributed by atoms with van der Waals surface area (Å²) in [5.74, 6) is 0. The summed E-state index contributed by atoms with van der Waals surface area (Å²) in [7, 11) is 0. The second-order valence-corrected chi connectivity index (χ2v) is 4.32. The first-order valence-electron chi connectivity index (χ1n) is 4.33. The molecule has 4 heteroatoms. The van der Waals surface area contributed by atoms with Crippen molar-refractivity contribution in [3.63, 3.8) is 0 Å². The number of fused-ring (bicyclic) bond motifs is 1. The van der Waals surface area contributed by atoms with Gasteiger partial charge in [-0.25, -0.2) is 4.98 Å². The minimum Gasteiger partial charge on any atom is -0.267 e. The van der Waals surface area contributed by atoms with Gasteiger partial charge in [0.2, 0.25) is 0 Å². The summed E-state index contributed by atoms with van der Waals surface area (Å²) >= 11 is 3.39. The minimum atomic E-state index is 0.632. The summed E-state index contributed by atoms with van der Waals surface area (Å²) in [5, 5.41) is 5.51. The second-order valence-electron chi connectivity index (χ2n) is 3.41. The summed E-state index contributed by atoms with van der Waals surface area (Å²) in [5.41, 5.74) is 0.843. The Labute approximate surface area is 83.9 Å². The summed E-state index contributed by atoms with van der Waals surface area (Å²) < 4.78 is 3.04. The van der Waals surface area contributed by atoms with Gasteiger partial charge in [-0.05, 0) is 34.8 Å². The molecular weight excluding hydrogens is 230 g/mol. The largest absolute Gasteiger partial charge is 0.267 e. The van der Waals surface area contributed by atoms with E-state index in [4.69, 9.17) is 0 Å². The van der Waals surface area contributed by atoms with Crippen LogP contribution in [0.2, 0.25) is 0 Å². The van der Waals surface area contributed by atoms with Gasteiger partial charge in [-0.2, -0.15) is 5.10 Å². The zero-order valence-electron chi connectivity index (χ0n) is 6.94. The van der Waals surface area contributed by atoms with Gasteiger partial charge >= 0.3 is 0 Å². The Morgan fingerprint density at radius 2 is 2.31 bits per heavy atom. The van der Waals surface area contributed by atoms with E-state index in [9.17, 15) is 0 Å². The fourth-order valence-electron chi connectivity index (χ4n) is 1.43. The minimum absolute atomic E-state index is 0.632. The number of hydrogen-bond acceptors (Lipinski definition) is 2. The number of nitrogens with zero attached hydrogens (tertiary/aromatic N) is 3. The molecule has 0 N–H and O–H groups in total. The summed E-state index contributed by atoms with van der Waals surface area (Å²) in [6.07, 6.45) is 6.38. The lowest BCUT2D eigenvalue weighted by molar-refractivity contribution is 0.647. The molecule has 2 aromatic heterocycles. The fraction of sp³-hybridized carbons (Fsp3) is 0.333. The molecule has 2 heterocycles. The quantitative estimate of drug-likeness (QED) is 0.764. The molecule has 0 aromatic carbocycles. The van der Waals surface area contributed by atoms with Crippen molar-refractivity contribution in [3.05, 3.63) is 22.9 Å². The van der Waals surface area contributed by atoms with Gasteiger partial charge in [-0.3, -0.25) is 4.68 Å². The van der Waals surface area contributed by atoms with Gasteiger partial charge in [-0.1, -0.05) is 0 Å². The first kappa shape index (κ1) is 7.50. The molecule has 3 rings (SSSR count). The van der Waals surface area contributed by atoms with Crippen molar-refractivity contribution < 1.29 is 0 Å². The van der Waals surface area contributed by atoms with Crippen LogP contribution in [0.5, 0.6) is 0 Å². The van der Waals surface area contributed by atoms with E-state index >= 15 is 0 Å². The molecule has 2 aromatic rings. The van der Waals surface area contributed by atoms with Crippen LogP contribution in [0.4, 0.5) is 0 Å². The third-order valence-electron chi connectivity index (χ3n) is 2.26. The lowest BCUT2D eigenvalue weighted by Gasteiger charge is -1.91. The lowest BCUT2D eigenvalue weighted by Crippen LogP contribution is -1.92. The Bertz CT molecular complexity index is 459. The smallest absolute Gasteiger partial charge is 0.181 e. The maximum atomic E-state index is 4.40. The Balaban J connectivity index is 2.20. The van der Waals surface area contributed by atoms with E-state index in [2.05, 4.69) is 32.2 Å². The Hall–Kier alpha value is -0.900. The van der Waals surface area contributed by atoms with Crippen molar-refractivity contribution in [2.24, 2.45) is 0 Å². The maximum Gasteiger partial charge on any atom is 0.181 e. The van der Waals surface area contributed by atoms with Crippen molar-refractivity contribution in [2.75, 3.05) is 0 Å². The molecule has 0 radical (unpaired) electrons. The lowest BCUT2D eigenvalue weighted by atomic mass is 10.4. The summed E-state index contributed by atoms with van der Waals surface area (Å²) in [6, 6.07) is 2.68. The summed E-state index contributed by atoms with van der Waals surface area (Å²) in [4.78, 5) is 4.23. The maximum absolute atomic E-state index is 4.40. The highest BCUT2D eigenvalue weighted by Crippen LogP contribution is 2.34. The highest BCUT2D eigenvalue weighted by molar-refractivity contribution is 9.10. The van der Waals surface area contributed by atoms with Gasteiger partial charge in [-0.15, -0.1) is 0 Å². The Morgan fingerprint density at radius 1 is 1.46 bits per heavy atom. The van der Waals surface area contributed by atoms with E-state index < -0.39 is 0 Å². The highest BCUT2D eigenvalue weighted by atomic mass is 79.9. The third kappa shape index (κ3) is 1.25. The van der Waals surface area contributed by atoms with E-state index in [1.165, 1.54) is 12.8 Å². The molecular formula is C9H8BrN3. The van der Waals surface area contributed by atoms with Crippen LogP contribution in [0.3, 0.4) is 0 Å². The predicted molar refractivity (Wildman–Crippen MR) is 53.5 cm³/mol. The van der Waals surface area contributed by atoms with Crippen LogP contribution in [0.25, 0.3) is 11.0 Å². The molecule has 66 valence electrons. The molecule has 0 atom stereocenters. The number of aromatic nitrogens is 3. The second kappa shape index (κ2) is 2.54. The molecule has 1 aliphatic rings. The topological polar surface area (TPSA) is 30.7 Å². The zero-order valence-corrected chi connectivity index (χ0v) is 8.53. The van der Waals surface area contributed by atoms with Crippen molar-refractivity contribution in [2.45, 2.75) is 18.9 Å². The van der Waals surface area contributed by atoms with Gasteiger partial charge < -0.3 is 0 Å². The molecule has 1 saturated carbocycles. The van der Waals surface area contributed by atoms with E-state index in [0.29, 0.717) is 6.04 Å². The van der Waals surface area contributed by atoms with Crippen LogP contribution in [-0.2, 0) is 0 Å². The van der Waals surface area contributed by atoms with Gasteiger partial charge in [0, 0.05) is 22.3 Å². The first-order chi connectivity index (χ1) is 6.33. The number of pyridine rings is 1. The SMILES string of the molecule is Brc1cnc2nn(C3CC3)cc2c1. The van der Waals surface area contributed by atoms with Gasteiger partial charge in [0.15, 0.2) is 5.65 Å². The standard InChI is InChI=1S/C9H8BrN3/c10-7-3-6-5-13(8-1-2-8)12-9(6)11-4-7/h3-5,8H,1-2H2. The summed E-state index contributed by atoms with van der Waals surface area (Å²) in [6.45, 7) is 0. The van der Waals surface area contributed by atoms with Crippen LogP contribution in [0.1, 0.15) is 18.9 Å². The van der Waals surface area contributed by atoms with Gasteiger partial charge in [0.05, 0.1) is 6.04 Å². The van der Waals surface area contributed by atoms with Crippen LogP contribution >= 0.6 is 15.9 Å². The molecule has 0 unspecified atom stereocenters. The molecule has 3 nitrogen and oxygen atoms in total. The average Bonchev–Trinajstić information content (AvgIpc) is 2.87. The third-order valence-corrected chi connectivity index (χ3v) is 2.70. The van der Waals surface area contributed by atoms with E-state index in [1.807, 2.05) is 10.7 Å². The van der Waals surface area contributed by atoms with E-state index in [1.54, 1.807) is 6.20 Å². The fourth-order valence-corrected chi connectivity index (χ4v) is 1.78. The molecule has 0 spiro atoms. The molecule has 0 bridgehead atoms. The zero-order chi connectivity index (χ0) is 8.84. The number of hydrogen-bond donors (Lipinski definition) is 0. The van der Waals surface area contributed by atoms with Crippen molar-refractivity contribution >= 4 is 27.0 Å². The van der Waals surface area contributed by atoms with E-state index in [0.717, 1.165) is 15.5 Å². The van der Waals surface area contributed by atoms with Gasteiger partial charge in [0.1, 0.15) is 0 Å². The van der Waals surface area contributed by atoms with Crippen LogP contribution in [-0.4, -0.2) is 14.8 Å². The normalized spacial score (nSPS) is 16.7. The first-order valence-corrected chi connectivity index (χ1v) is 5.12. The molecule has 0 amide bonds. The van der Waals surface area contributed by atoms with Crippen molar-refractivity contribution in [3.8, 4) is 0 Å². The molecule has 13 heavy (non-hydrogen) atoms.